The lowest BCUT2D eigenvalue weighted by Crippen LogP contribution is -2.46. The second-order valence-electron chi connectivity index (χ2n) is 7.03. The molecule has 2 rings (SSSR count). The average molecular weight is 383 g/mol. The van der Waals surface area contributed by atoms with Crippen LogP contribution in [0.3, 0.4) is 0 Å². The van der Waals surface area contributed by atoms with Gasteiger partial charge in [0.1, 0.15) is 0 Å². The van der Waals surface area contributed by atoms with Crippen molar-refractivity contribution in [3.63, 3.8) is 0 Å². The number of benzene rings is 1. The number of carbonyl (C=O) groups is 1. The molecule has 0 saturated carbocycles. The van der Waals surface area contributed by atoms with Gasteiger partial charge in [0.15, 0.2) is 0 Å². The molecule has 0 aliphatic carbocycles. The Balaban J connectivity index is 1.97. The molecule has 146 valence electrons. The van der Waals surface area contributed by atoms with E-state index >= 15 is 0 Å². The van der Waals surface area contributed by atoms with Crippen LogP contribution in [0.2, 0.25) is 0 Å². The number of piperidine rings is 1. The van der Waals surface area contributed by atoms with Crippen LogP contribution in [-0.4, -0.2) is 62.1 Å². The Hall–Kier alpha value is -1.44. The van der Waals surface area contributed by atoms with Gasteiger partial charge < -0.3 is 9.64 Å². The van der Waals surface area contributed by atoms with Crippen LogP contribution in [0.4, 0.5) is 0 Å². The molecule has 0 radical (unpaired) electrons. The number of nitrogens with zero attached hydrogens (tertiary/aromatic N) is 2. The maximum atomic E-state index is 13.0. The van der Waals surface area contributed by atoms with E-state index in [1.807, 2.05) is 49.1 Å². The molecule has 1 fully saturated rings. The molecule has 26 heavy (non-hydrogen) atoms. The second-order valence-corrected chi connectivity index (χ2v) is 9.12. The predicted molar refractivity (Wildman–Crippen MR) is 102 cm³/mol. The van der Waals surface area contributed by atoms with Crippen molar-refractivity contribution in [2.45, 2.75) is 39.3 Å². The SMILES string of the molecule is COCCS(=O)(=O)N1CCC(C(=O)N(Cc2ccccc2)C(C)C)CC1. The van der Waals surface area contributed by atoms with Gasteiger partial charge in [-0.1, -0.05) is 30.3 Å². The van der Waals surface area contributed by atoms with Gasteiger partial charge >= 0.3 is 0 Å². The highest BCUT2D eigenvalue weighted by atomic mass is 32.2. The molecule has 0 spiro atoms. The first-order valence-electron chi connectivity index (χ1n) is 9.16. The van der Waals surface area contributed by atoms with Crippen molar-refractivity contribution in [2.75, 3.05) is 32.6 Å². The second kappa shape index (κ2) is 9.48. The van der Waals surface area contributed by atoms with E-state index in [2.05, 4.69) is 0 Å². The number of hydrogen-bond acceptors (Lipinski definition) is 4. The van der Waals surface area contributed by atoms with Gasteiger partial charge in [0.2, 0.25) is 15.9 Å². The molecular weight excluding hydrogens is 352 g/mol. The Labute approximate surface area is 157 Å². The third-order valence-corrected chi connectivity index (χ3v) is 6.68. The molecule has 0 N–H and O–H groups in total. The number of carbonyl (C=O) groups excluding carboxylic acids is 1. The van der Waals surface area contributed by atoms with Crippen molar-refractivity contribution in [1.29, 1.82) is 0 Å². The fourth-order valence-electron chi connectivity index (χ4n) is 3.23. The lowest BCUT2D eigenvalue weighted by atomic mass is 9.95. The van der Waals surface area contributed by atoms with Crippen molar-refractivity contribution in [2.24, 2.45) is 5.92 Å². The first-order valence-corrected chi connectivity index (χ1v) is 10.8. The fraction of sp³-hybridized carbons (Fsp3) is 0.632. The lowest BCUT2D eigenvalue weighted by Gasteiger charge is -2.35. The normalized spacial score (nSPS) is 16.8. The summed E-state index contributed by atoms with van der Waals surface area (Å²) in [6.45, 7) is 5.62. The number of ether oxygens (including phenoxy) is 1. The molecule has 0 atom stereocenters. The van der Waals surface area contributed by atoms with E-state index in [4.69, 9.17) is 4.74 Å². The summed E-state index contributed by atoms with van der Waals surface area (Å²) in [6, 6.07) is 10.1. The highest BCUT2D eigenvalue weighted by molar-refractivity contribution is 7.89. The zero-order valence-corrected chi connectivity index (χ0v) is 16.7. The molecule has 0 aromatic heterocycles. The van der Waals surface area contributed by atoms with Crippen LogP contribution in [0.25, 0.3) is 0 Å². The molecular formula is C19H30N2O4S. The topological polar surface area (TPSA) is 66.9 Å². The first kappa shape index (κ1) is 20.9. The van der Waals surface area contributed by atoms with Crippen LogP contribution in [-0.2, 0) is 26.1 Å². The fourth-order valence-corrected chi connectivity index (χ4v) is 4.63. The molecule has 1 aliphatic heterocycles. The predicted octanol–water partition coefficient (Wildman–Crippen LogP) is 2.11. The van der Waals surface area contributed by atoms with Gasteiger partial charge in [-0.2, -0.15) is 0 Å². The number of methoxy groups -OCH3 is 1. The number of rotatable bonds is 8. The summed E-state index contributed by atoms with van der Waals surface area (Å²) in [7, 11) is -1.80. The van der Waals surface area contributed by atoms with Crippen LogP contribution in [0, 0.1) is 5.92 Å². The van der Waals surface area contributed by atoms with Crippen molar-refractivity contribution in [3.05, 3.63) is 35.9 Å². The van der Waals surface area contributed by atoms with Crippen molar-refractivity contribution in [1.82, 2.24) is 9.21 Å². The van der Waals surface area contributed by atoms with E-state index in [1.165, 1.54) is 11.4 Å². The summed E-state index contributed by atoms with van der Waals surface area (Å²) in [5.41, 5.74) is 1.11. The molecule has 0 bridgehead atoms. The Morgan fingerprint density at radius 1 is 1.23 bits per heavy atom. The van der Waals surface area contributed by atoms with Crippen LogP contribution in [0.1, 0.15) is 32.3 Å². The Morgan fingerprint density at radius 2 is 1.85 bits per heavy atom. The summed E-state index contributed by atoms with van der Waals surface area (Å²) in [5.74, 6) is 0.00149. The number of amides is 1. The van der Waals surface area contributed by atoms with Gasteiger partial charge in [-0.15, -0.1) is 0 Å². The van der Waals surface area contributed by atoms with E-state index in [-0.39, 0.29) is 30.2 Å². The molecule has 1 aliphatic rings. The van der Waals surface area contributed by atoms with Gasteiger partial charge in [-0.25, -0.2) is 12.7 Å². The zero-order chi connectivity index (χ0) is 19.2. The van der Waals surface area contributed by atoms with Crippen LogP contribution >= 0.6 is 0 Å². The lowest BCUT2D eigenvalue weighted by molar-refractivity contribution is -0.139. The molecule has 1 amide bonds. The summed E-state index contributed by atoms with van der Waals surface area (Å²) in [4.78, 5) is 14.9. The zero-order valence-electron chi connectivity index (χ0n) is 15.9. The summed E-state index contributed by atoms with van der Waals surface area (Å²) >= 11 is 0. The quantitative estimate of drug-likeness (QED) is 0.691. The summed E-state index contributed by atoms with van der Waals surface area (Å²) in [5, 5.41) is 0. The highest BCUT2D eigenvalue weighted by Gasteiger charge is 2.33. The number of hydrogen-bond donors (Lipinski definition) is 0. The summed E-state index contributed by atoms with van der Waals surface area (Å²) < 4.78 is 30.9. The third kappa shape index (κ3) is 5.53. The van der Waals surface area contributed by atoms with Gasteiger partial charge in [0.05, 0.1) is 12.4 Å². The third-order valence-electron chi connectivity index (χ3n) is 4.84. The maximum absolute atomic E-state index is 13.0. The average Bonchev–Trinajstić information content (AvgIpc) is 2.64. The Bertz CT molecular complexity index is 668. The smallest absolute Gasteiger partial charge is 0.226 e. The van der Waals surface area contributed by atoms with E-state index in [0.29, 0.717) is 32.5 Å². The Morgan fingerprint density at radius 3 is 2.38 bits per heavy atom. The molecule has 7 heteroatoms. The molecule has 1 aromatic rings. The van der Waals surface area contributed by atoms with Crippen molar-refractivity contribution < 1.29 is 17.9 Å². The molecule has 0 unspecified atom stereocenters. The van der Waals surface area contributed by atoms with Crippen LogP contribution in [0.15, 0.2) is 30.3 Å². The highest BCUT2D eigenvalue weighted by Crippen LogP contribution is 2.24. The minimum atomic E-state index is -3.30. The molecule has 6 nitrogen and oxygen atoms in total. The largest absolute Gasteiger partial charge is 0.384 e. The van der Waals surface area contributed by atoms with Gasteiger partial charge in [-0.3, -0.25) is 4.79 Å². The minimum absolute atomic E-state index is 0.00571. The van der Waals surface area contributed by atoms with Gasteiger partial charge in [0, 0.05) is 38.7 Å². The standard InChI is InChI=1S/C19H30N2O4S/c1-16(2)21(15-17-7-5-4-6-8-17)19(22)18-9-11-20(12-10-18)26(23,24)14-13-25-3/h4-8,16,18H,9-15H2,1-3H3. The molecule has 1 heterocycles. The van der Waals surface area contributed by atoms with Crippen molar-refractivity contribution >= 4 is 15.9 Å². The number of sulfonamides is 1. The molecule has 1 aromatic carbocycles. The van der Waals surface area contributed by atoms with E-state index < -0.39 is 10.0 Å². The van der Waals surface area contributed by atoms with Gasteiger partial charge in [-0.05, 0) is 32.3 Å². The summed E-state index contributed by atoms with van der Waals surface area (Å²) in [6.07, 6.45) is 1.14. The first-order chi connectivity index (χ1) is 12.3. The van der Waals surface area contributed by atoms with Gasteiger partial charge in [0.25, 0.3) is 0 Å². The van der Waals surface area contributed by atoms with Crippen LogP contribution < -0.4 is 0 Å². The maximum Gasteiger partial charge on any atom is 0.226 e. The van der Waals surface area contributed by atoms with E-state index in [0.717, 1.165) is 5.56 Å². The Kier molecular flexibility index (Phi) is 7.61. The minimum Gasteiger partial charge on any atom is -0.384 e. The van der Waals surface area contributed by atoms with E-state index in [9.17, 15) is 13.2 Å². The molecule has 1 saturated heterocycles. The monoisotopic (exact) mass is 382 g/mol. The van der Waals surface area contributed by atoms with Crippen molar-refractivity contribution in [3.8, 4) is 0 Å². The van der Waals surface area contributed by atoms with E-state index in [1.54, 1.807) is 0 Å². The van der Waals surface area contributed by atoms with Crippen LogP contribution in [0.5, 0.6) is 0 Å².